The van der Waals surface area contributed by atoms with Crippen molar-refractivity contribution in [1.29, 1.82) is 0 Å². The average molecular weight is 333 g/mol. The van der Waals surface area contributed by atoms with Crippen LogP contribution in [-0.2, 0) is 16.4 Å². The molecule has 0 spiro atoms. The first-order valence-electron chi connectivity index (χ1n) is 7.68. The molecule has 0 saturated carbocycles. The molecular weight excluding hydrogens is 310 g/mol. The van der Waals surface area contributed by atoms with Crippen molar-refractivity contribution in [1.82, 2.24) is 9.29 Å². The standard InChI is InChI=1S/C17H23N3O2S/c1-4-5-6-14-7-9-15(10-8-14)19-17-12-11-16(13-18-17)23(21,22)20(2)3/h7-13H,4-6H2,1-3H3,(H,18,19). The van der Waals surface area contributed by atoms with Gasteiger partial charge >= 0.3 is 0 Å². The largest absolute Gasteiger partial charge is 0.340 e. The minimum absolute atomic E-state index is 0.183. The van der Waals surface area contributed by atoms with Crippen LogP contribution in [0.15, 0.2) is 47.5 Å². The van der Waals surface area contributed by atoms with Crippen molar-refractivity contribution in [3.8, 4) is 0 Å². The van der Waals surface area contributed by atoms with Crippen LogP contribution in [0.25, 0.3) is 0 Å². The van der Waals surface area contributed by atoms with E-state index in [1.54, 1.807) is 12.1 Å². The molecule has 23 heavy (non-hydrogen) atoms. The zero-order chi connectivity index (χ0) is 16.9. The molecule has 6 heteroatoms. The summed E-state index contributed by atoms with van der Waals surface area (Å²) in [5.74, 6) is 0.615. The maximum Gasteiger partial charge on any atom is 0.244 e. The van der Waals surface area contributed by atoms with Crippen molar-refractivity contribution in [3.05, 3.63) is 48.2 Å². The first-order chi connectivity index (χ1) is 10.9. The lowest BCUT2D eigenvalue weighted by molar-refractivity contribution is 0.520. The van der Waals surface area contributed by atoms with Gasteiger partial charge in [-0.05, 0) is 42.7 Å². The Labute approximate surface area is 138 Å². The molecule has 1 N–H and O–H groups in total. The van der Waals surface area contributed by atoms with Crippen LogP contribution in [0.4, 0.5) is 11.5 Å². The van der Waals surface area contributed by atoms with Crippen LogP contribution in [0, 0.1) is 0 Å². The number of rotatable bonds is 7. The summed E-state index contributed by atoms with van der Waals surface area (Å²) in [6.07, 6.45) is 4.83. The molecule has 0 saturated heterocycles. The van der Waals surface area contributed by atoms with E-state index in [1.165, 1.54) is 43.0 Å². The lowest BCUT2D eigenvalue weighted by Gasteiger charge is -2.12. The van der Waals surface area contributed by atoms with E-state index in [1.807, 2.05) is 12.1 Å². The van der Waals surface area contributed by atoms with Crippen LogP contribution < -0.4 is 5.32 Å². The third-order valence-corrected chi connectivity index (χ3v) is 5.36. The van der Waals surface area contributed by atoms with Gasteiger partial charge in [-0.15, -0.1) is 0 Å². The Balaban J connectivity index is 2.06. The Hall–Kier alpha value is -1.92. The Morgan fingerprint density at radius 2 is 1.78 bits per heavy atom. The van der Waals surface area contributed by atoms with Gasteiger partial charge in [-0.1, -0.05) is 25.5 Å². The maximum atomic E-state index is 12.0. The van der Waals surface area contributed by atoms with Crippen LogP contribution in [0.1, 0.15) is 25.3 Å². The van der Waals surface area contributed by atoms with Crippen LogP contribution in [0.2, 0.25) is 0 Å². The molecule has 1 aromatic heterocycles. The van der Waals surface area contributed by atoms with Crippen molar-refractivity contribution in [3.63, 3.8) is 0 Å². The molecule has 1 heterocycles. The quantitative estimate of drug-likeness (QED) is 0.843. The van der Waals surface area contributed by atoms with Gasteiger partial charge in [-0.2, -0.15) is 0 Å². The molecular formula is C17H23N3O2S. The molecule has 0 atom stereocenters. The van der Waals surface area contributed by atoms with Gasteiger partial charge in [-0.25, -0.2) is 17.7 Å². The van der Waals surface area contributed by atoms with E-state index in [2.05, 4.69) is 29.4 Å². The molecule has 0 radical (unpaired) electrons. The van der Waals surface area contributed by atoms with E-state index >= 15 is 0 Å². The van der Waals surface area contributed by atoms with Gasteiger partial charge in [0.1, 0.15) is 10.7 Å². The van der Waals surface area contributed by atoms with Gasteiger partial charge in [-0.3, -0.25) is 0 Å². The summed E-state index contributed by atoms with van der Waals surface area (Å²) in [5, 5.41) is 3.18. The van der Waals surface area contributed by atoms with Gasteiger partial charge in [0, 0.05) is 26.0 Å². The molecule has 0 amide bonds. The fourth-order valence-corrected chi connectivity index (χ4v) is 2.95. The predicted octanol–water partition coefficient (Wildman–Crippen LogP) is 3.42. The van der Waals surface area contributed by atoms with E-state index < -0.39 is 10.0 Å². The number of hydrogen-bond acceptors (Lipinski definition) is 4. The third kappa shape index (κ3) is 4.53. The summed E-state index contributed by atoms with van der Waals surface area (Å²) in [7, 11) is -0.435. The van der Waals surface area contributed by atoms with Crippen LogP contribution in [0.3, 0.4) is 0 Å². The van der Waals surface area contributed by atoms with Gasteiger partial charge in [0.2, 0.25) is 10.0 Å². The van der Waals surface area contributed by atoms with E-state index in [-0.39, 0.29) is 4.90 Å². The number of nitrogens with one attached hydrogen (secondary N) is 1. The summed E-state index contributed by atoms with van der Waals surface area (Å²) >= 11 is 0. The number of unbranched alkanes of at least 4 members (excludes halogenated alkanes) is 1. The highest BCUT2D eigenvalue weighted by molar-refractivity contribution is 7.89. The van der Waals surface area contributed by atoms with Crippen molar-refractivity contribution in [2.75, 3.05) is 19.4 Å². The summed E-state index contributed by atoms with van der Waals surface area (Å²) in [6.45, 7) is 2.18. The Morgan fingerprint density at radius 3 is 2.30 bits per heavy atom. The zero-order valence-electron chi connectivity index (χ0n) is 13.8. The second-order valence-corrected chi connectivity index (χ2v) is 7.74. The normalized spacial score (nSPS) is 11.7. The molecule has 124 valence electrons. The summed E-state index contributed by atoms with van der Waals surface area (Å²) < 4.78 is 25.2. The fourth-order valence-electron chi connectivity index (χ4n) is 2.10. The smallest absolute Gasteiger partial charge is 0.244 e. The van der Waals surface area contributed by atoms with Crippen molar-refractivity contribution in [2.24, 2.45) is 0 Å². The number of hydrogen-bond donors (Lipinski definition) is 1. The zero-order valence-corrected chi connectivity index (χ0v) is 14.6. The topological polar surface area (TPSA) is 62.3 Å². The monoisotopic (exact) mass is 333 g/mol. The van der Waals surface area contributed by atoms with E-state index in [9.17, 15) is 8.42 Å². The van der Waals surface area contributed by atoms with Crippen LogP contribution in [-0.4, -0.2) is 31.8 Å². The summed E-state index contributed by atoms with van der Waals surface area (Å²) in [5.41, 5.74) is 2.25. The number of pyridine rings is 1. The molecule has 0 fully saturated rings. The third-order valence-electron chi connectivity index (χ3n) is 3.56. The SMILES string of the molecule is CCCCc1ccc(Nc2ccc(S(=O)(=O)N(C)C)cn2)cc1. The number of sulfonamides is 1. The minimum Gasteiger partial charge on any atom is -0.340 e. The molecule has 0 unspecified atom stereocenters. The van der Waals surface area contributed by atoms with Crippen LogP contribution >= 0.6 is 0 Å². The van der Waals surface area contributed by atoms with Crippen LogP contribution in [0.5, 0.6) is 0 Å². The summed E-state index contributed by atoms with van der Waals surface area (Å²) in [4.78, 5) is 4.36. The maximum absolute atomic E-state index is 12.0. The van der Waals surface area contributed by atoms with Gasteiger partial charge in [0.15, 0.2) is 0 Å². The number of aryl methyl sites for hydroxylation is 1. The van der Waals surface area contributed by atoms with E-state index in [0.717, 1.165) is 12.1 Å². The Kier molecular flexibility index (Phi) is 5.74. The predicted molar refractivity (Wildman–Crippen MR) is 93.4 cm³/mol. The first kappa shape index (κ1) is 17.4. The molecule has 1 aromatic carbocycles. The van der Waals surface area contributed by atoms with Gasteiger partial charge in [0.25, 0.3) is 0 Å². The highest BCUT2D eigenvalue weighted by Gasteiger charge is 2.17. The Morgan fingerprint density at radius 1 is 1.09 bits per heavy atom. The number of benzene rings is 1. The lowest BCUT2D eigenvalue weighted by atomic mass is 10.1. The average Bonchev–Trinajstić information content (AvgIpc) is 2.54. The molecule has 2 rings (SSSR count). The van der Waals surface area contributed by atoms with Crippen molar-refractivity contribution in [2.45, 2.75) is 31.1 Å². The van der Waals surface area contributed by atoms with Crippen molar-refractivity contribution >= 4 is 21.5 Å². The second-order valence-electron chi connectivity index (χ2n) is 5.59. The molecule has 5 nitrogen and oxygen atoms in total. The number of aromatic nitrogens is 1. The van der Waals surface area contributed by atoms with Gasteiger partial charge in [0.05, 0.1) is 0 Å². The number of anilines is 2. The molecule has 0 aliphatic heterocycles. The highest BCUT2D eigenvalue weighted by Crippen LogP contribution is 2.18. The lowest BCUT2D eigenvalue weighted by Crippen LogP contribution is -2.22. The van der Waals surface area contributed by atoms with Crippen molar-refractivity contribution < 1.29 is 8.42 Å². The Bertz CT molecular complexity index is 723. The second kappa shape index (κ2) is 7.57. The van der Waals surface area contributed by atoms with E-state index in [4.69, 9.17) is 0 Å². The van der Waals surface area contributed by atoms with Gasteiger partial charge < -0.3 is 5.32 Å². The fraction of sp³-hybridized carbons (Fsp3) is 0.353. The molecule has 2 aromatic rings. The number of nitrogens with zero attached hydrogens (tertiary/aromatic N) is 2. The molecule has 0 aliphatic carbocycles. The molecule has 0 bridgehead atoms. The molecule has 0 aliphatic rings. The highest BCUT2D eigenvalue weighted by atomic mass is 32.2. The van der Waals surface area contributed by atoms with E-state index in [0.29, 0.717) is 5.82 Å². The minimum atomic E-state index is -3.44. The first-order valence-corrected chi connectivity index (χ1v) is 9.12. The summed E-state index contributed by atoms with van der Waals surface area (Å²) in [6, 6.07) is 11.4.